The third-order valence-corrected chi connectivity index (χ3v) is 5.57. The minimum absolute atomic E-state index is 0.391. The van der Waals surface area contributed by atoms with Crippen molar-refractivity contribution in [2.24, 2.45) is 0 Å². The van der Waals surface area contributed by atoms with Gasteiger partial charge in [0.25, 0.3) is 0 Å². The Kier molecular flexibility index (Phi) is 7.01. The Bertz CT molecular complexity index is 1200. The molecule has 2 heterocycles. The van der Waals surface area contributed by atoms with E-state index in [-0.39, 0.29) is 0 Å². The molecular formula is C25H30N8O. The van der Waals surface area contributed by atoms with Crippen molar-refractivity contribution in [2.75, 3.05) is 23.5 Å². The molecular weight excluding hydrogens is 428 g/mol. The smallest absolute Gasteiger partial charge is 0.227 e. The first-order chi connectivity index (χ1) is 16.5. The molecule has 0 unspecified atom stereocenters. The molecule has 34 heavy (non-hydrogen) atoms. The number of rotatable bonds is 10. The Balaban J connectivity index is 1.48. The van der Waals surface area contributed by atoms with Crippen LogP contribution in [-0.2, 0) is 6.54 Å². The number of ether oxygens (including phenoxy) is 1. The van der Waals surface area contributed by atoms with Gasteiger partial charge in [0.05, 0.1) is 24.7 Å². The number of nitrogen functional groups attached to an aromatic ring is 1. The summed E-state index contributed by atoms with van der Waals surface area (Å²) in [5.41, 5.74) is 11.8. The Labute approximate surface area is 199 Å². The lowest BCUT2D eigenvalue weighted by atomic mass is 10.1. The highest BCUT2D eigenvalue weighted by Gasteiger charge is 2.31. The van der Waals surface area contributed by atoms with Crippen LogP contribution in [0.15, 0.2) is 48.6 Å². The van der Waals surface area contributed by atoms with Gasteiger partial charge in [-0.15, -0.1) is 0 Å². The van der Waals surface area contributed by atoms with E-state index in [1.54, 1.807) is 13.3 Å². The average molecular weight is 459 g/mol. The van der Waals surface area contributed by atoms with Gasteiger partial charge < -0.3 is 26.5 Å². The Morgan fingerprint density at radius 3 is 2.65 bits per heavy atom. The van der Waals surface area contributed by atoms with Gasteiger partial charge in [0, 0.05) is 29.6 Å². The molecule has 0 amide bonds. The van der Waals surface area contributed by atoms with Gasteiger partial charge >= 0.3 is 0 Å². The molecule has 1 saturated carbocycles. The summed E-state index contributed by atoms with van der Waals surface area (Å²) in [5.74, 6) is 1.91. The van der Waals surface area contributed by atoms with Gasteiger partial charge in [0.15, 0.2) is 11.6 Å². The zero-order chi connectivity index (χ0) is 24.1. The molecule has 0 spiro atoms. The maximum atomic E-state index is 7.79. The van der Waals surface area contributed by atoms with Crippen LogP contribution in [0.25, 0.3) is 11.4 Å². The van der Waals surface area contributed by atoms with Crippen LogP contribution in [0.5, 0.6) is 5.88 Å². The fourth-order valence-corrected chi connectivity index (χ4v) is 3.59. The largest absolute Gasteiger partial charge is 0.480 e. The van der Waals surface area contributed by atoms with Crippen LogP contribution in [-0.4, -0.2) is 32.8 Å². The number of aromatic nitrogens is 4. The van der Waals surface area contributed by atoms with Crippen molar-refractivity contribution in [1.82, 2.24) is 19.9 Å². The topological polar surface area (TPSA) is 135 Å². The molecule has 176 valence electrons. The molecule has 0 atom stereocenters. The molecule has 1 aliphatic rings. The Hall–Kier alpha value is -4.01. The summed E-state index contributed by atoms with van der Waals surface area (Å²) in [6, 6.07) is 8.08. The normalized spacial score (nSPS) is 13.4. The van der Waals surface area contributed by atoms with Crippen LogP contribution >= 0.6 is 0 Å². The first-order valence-electron chi connectivity index (χ1n) is 11.4. The van der Waals surface area contributed by atoms with Gasteiger partial charge in [-0.25, -0.2) is 19.9 Å². The Morgan fingerprint density at radius 1 is 1.21 bits per heavy atom. The summed E-state index contributed by atoms with van der Waals surface area (Å²) >= 11 is 0. The summed E-state index contributed by atoms with van der Waals surface area (Å²) in [7, 11) is 1.59. The number of nitrogens with one attached hydrogen (secondary N) is 3. The lowest BCUT2D eigenvalue weighted by Gasteiger charge is -2.13. The first kappa shape index (κ1) is 23.2. The number of nitrogens with two attached hydrogens (primary N) is 1. The van der Waals surface area contributed by atoms with Crippen molar-refractivity contribution >= 4 is 22.9 Å². The zero-order valence-electron chi connectivity index (χ0n) is 19.7. The summed E-state index contributed by atoms with van der Waals surface area (Å²) in [6.45, 7) is 4.47. The third-order valence-electron chi connectivity index (χ3n) is 5.57. The van der Waals surface area contributed by atoms with E-state index in [2.05, 4.69) is 30.6 Å². The van der Waals surface area contributed by atoms with Crippen molar-refractivity contribution in [1.29, 1.82) is 5.41 Å². The van der Waals surface area contributed by atoms with E-state index in [9.17, 15) is 0 Å². The van der Waals surface area contributed by atoms with Crippen molar-refractivity contribution in [3.63, 3.8) is 0 Å². The number of allylic oxidation sites excluding steroid dienone is 2. The van der Waals surface area contributed by atoms with Gasteiger partial charge in [0.2, 0.25) is 5.88 Å². The molecule has 0 bridgehead atoms. The minimum atomic E-state index is 0.391. The lowest BCUT2D eigenvalue weighted by Crippen LogP contribution is -2.08. The highest BCUT2D eigenvalue weighted by atomic mass is 16.5. The first-order valence-corrected chi connectivity index (χ1v) is 11.4. The van der Waals surface area contributed by atoms with Gasteiger partial charge in [-0.2, -0.15) is 0 Å². The summed E-state index contributed by atoms with van der Waals surface area (Å²) < 4.78 is 5.48. The monoisotopic (exact) mass is 458 g/mol. The molecule has 0 radical (unpaired) electrons. The minimum Gasteiger partial charge on any atom is -0.480 e. The van der Waals surface area contributed by atoms with E-state index in [4.69, 9.17) is 15.9 Å². The van der Waals surface area contributed by atoms with Crippen molar-refractivity contribution in [2.45, 2.75) is 45.6 Å². The predicted molar refractivity (Wildman–Crippen MR) is 135 cm³/mol. The third kappa shape index (κ3) is 5.48. The molecule has 9 nitrogen and oxygen atoms in total. The van der Waals surface area contributed by atoms with Crippen LogP contribution in [0.3, 0.4) is 0 Å². The maximum absolute atomic E-state index is 7.79. The van der Waals surface area contributed by atoms with Gasteiger partial charge in [-0.05, 0) is 50.0 Å². The molecule has 3 aromatic rings. The van der Waals surface area contributed by atoms with E-state index in [0.717, 1.165) is 41.0 Å². The summed E-state index contributed by atoms with van der Waals surface area (Å²) in [6.07, 6.45) is 7.86. The zero-order valence-corrected chi connectivity index (χ0v) is 19.7. The van der Waals surface area contributed by atoms with E-state index in [0.29, 0.717) is 47.8 Å². The molecule has 4 rings (SSSR count). The second kappa shape index (κ2) is 10.3. The van der Waals surface area contributed by atoms with Crippen LogP contribution in [0, 0.1) is 5.41 Å². The lowest BCUT2D eigenvalue weighted by molar-refractivity contribution is 0.397. The van der Waals surface area contributed by atoms with Crippen LogP contribution in [0.1, 0.15) is 50.3 Å². The van der Waals surface area contributed by atoms with Crippen LogP contribution in [0.4, 0.5) is 17.2 Å². The van der Waals surface area contributed by atoms with Gasteiger partial charge in [-0.3, -0.25) is 0 Å². The van der Waals surface area contributed by atoms with Gasteiger partial charge in [0.1, 0.15) is 11.9 Å². The molecule has 2 aromatic heterocycles. The molecule has 1 aliphatic carbocycles. The summed E-state index contributed by atoms with van der Waals surface area (Å²) in [5, 5.41) is 14.4. The second-order valence-electron chi connectivity index (χ2n) is 8.30. The van der Waals surface area contributed by atoms with Gasteiger partial charge in [-0.1, -0.05) is 19.1 Å². The van der Waals surface area contributed by atoms with Crippen LogP contribution in [0.2, 0.25) is 0 Å². The van der Waals surface area contributed by atoms with Crippen LogP contribution < -0.4 is 21.1 Å². The number of benzene rings is 1. The number of hydrogen-bond acceptors (Lipinski definition) is 9. The number of hydrogen-bond donors (Lipinski definition) is 4. The molecule has 9 heteroatoms. The quantitative estimate of drug-likeness (QED) is 0.319. The van der Waals surface area contributed by atoms with E-state index in [1.807, 2.05) is 44.2 Å². The van der Waals surface area contributed by atoms with E-state index >= 15 is 0 Å². The predicted octanol–water partition coefficient (Wildman–Crippen LogP) is 4.76. The average Bonchev–Trinajstić information content (AvgIpc) is 3.69. The molecule has 5 N–H and O–H groups in total. The van der Waals surface area contributed by atoms with Crippen molar-refractivity contribution in [3.05, 3.63) is 59.8 Å². The molecule has 0 aliphatic heterocycles. The SMILES string of the molecule is CCC(=N)/C=C(/C)Nc1ccc(CNc2nc(-c3c(OC)ncnc3C3CC3)ncc2N)cc1. The van der Waals surface area contributed by atoms with Crippen molar-refractivity contribution in [3.8, 4) is 17.3 Å². The standard InChI is InChI=1S/C25H30N8O/c1-4-18(26)11-15(2)32-19-9-5-16(6-10-19)12-28-23-20(27)13-29-24(33-23)21-22(17-7-8-17)30-14-31-25(21)34-3/h5-6,9-11,13-14,17,26,32H,4,7-8,12,27H2,1-3H3,(H,28,29,33)/b15-11-,26-18?. The molecule has 1 fully saturated rings. The Morgan fingerprint density at radius 2 is 1.97 bits per heavy atom. The second-order valence-corrected chi connectivity index (χ2v) is 8.30. The van der Waals surface area contributed by atoms with E-state index in [1.165, 1.54) is 6.33 Å². The molecule has 1 aromatic carbocycles. The number of anilines is 3. The maximum Gasteiger partial charge on any atom is 0.227 e. The number of nitrogens with zero attached hydrogens (tertiary/aromatic N) is 4. The van der Waals surface area contributed by atoms with Crippen molar-refractivity contribution < 1.29 is 4.74 Å². The fraction of sp³-hybridized carbons (Fsp3) is 0.320. The number of methoxy groups -OCH3 is 1. The summed E-state index contributed by atoms with van der Waals surface area (Å²) in [4.78, 5) is 17.9. The highest BCUT2D eigenvalue weighted by Crippen LogP contribution is 2.45. The highest BCUT2D eigenvalue weighted by molar-refractivity contribution is 5.92. The fourth-order valence-electron chi connectivity index (χ4n) is 3.59. The molecule has 0 saturated heterocycles. The van der Waals surface area contributed by atoms with E-state index < -0.39 is 0 Å².